The van der Waals surface area contributed by atoms with E-state index >= 15 is 0 Å². The number of carbonyl (C=O) groups excluding carboxylic acids is 2. The maximum atomic E-state index is 13.5. The quantitative estimate of drug-likeness (QED) is 0.857. The van der Waals surface area contributed by atoms with Crippen LogP contribution in [0.2, 0.25) is 0 Å². The van der Waals surface area contributed by atoms with Gasteiger partial charge in [-0.3, -0.25) is 4.79 Å². The second kappa shape index (κ2) is 7.09. The zero-order valence-corrected chi connectivity index (χ0v) is 11.0. The van der Waals surface area contributed by atoms with Crippen LogP contribution in [0.5, 0.6) is 0 Å². The second-order valence-corrected chi connectivity index (χ2v) is 3.98. The Bertz CT molecular complexity index is 554. The summed E-state index contributed by atoms with van der Waals surface area (Å²) in [6.45, 7) is 2.49. The molecule has 3 N–H and O–H groups in total. The highest BCUT2D eigenvalue weighted by Gasteiger charge is 2.13. The third kappa shape index (κ3) is 3.95. The predicted octanol–water partition coefficient (Wildman–Crippen LogP) is 1.69. The lowest BCUT2D eigenvalue weighted by atomic mass is 10.2. The molecule has 106 valence electrons. The Hall–Kier alpha value is -2.62. The maximum absolute atomic E-state index is 13.5. The number of anilines is 1. The summed E-state index contributed by atoms with van der Waals surface area (Å²) in [5.74, 6) is -1.67. The Morgan fingerprint density at radius 3 is 2.70 bits per heavy atom. The third-order valence-corrected chi connectivity index (χ3v) is 2.65. The number of benzene rings is 1. The molecule has 0 heterocycles. The van der Waals surface area contributed by atoms with Crippen molar-refractivity contribution < 1.29 is 14.0 Å². The molecule has 7 heteroatoms. The Morgan fingerprint density at radius 1 is 1.50 bits per heavy atom. The van der Waals surface area contributed by atoms with Crippen molar-refractivity contribution >= 4 is 17.6 Å². The molecule has 0 aliphatic heterocycles. The van der Waals surface area contributed by atoms with E-state index in [9.17, 15) is 14.0 Å². The monoisotopic (exact) mass is 278 g/mol. The average Bonchev–Trinajstić information content (AvgIpc) is 2.39. The van der Waals surface area contributed by atoms with Gasteiger partial charge >= 0.3 is 6.03 Å². The van der Waals surface area contributed by atoms with Crippen LogP contribution in [0.4, 0.5) is 14.9 Å². The number of rotatable bonds is 5. The SMILES string of the molecule is CCN(CCC#N)C(=O)Nc1ccc(C(N)=O)c(F)c1. The number of hydrogen-bond acceptors (Lipinski definition) is 3. The molecule has 6 nitrogen and oxygen atoms in total. The van der Waals surface area contributed by atoms with Gasteiger partial charge in [0.1, 0.15) is 5.82 Å². The highest BCUT2D eigenvalue weighted by atomic mass is 19.1. The summed E-state index contributed by atoms with van der Waals surface area (Å²) >= 11 is 0. The Labute approximate surface area is 116 Å². The lowest BCUT2D eigenvalue weighted by Crippen LogP contribution is -2.35. The van der Waals surface area contributed by atoms with Crippen molar-refractivity contribution in [2.45, 2.75) is 13.3 Å². The number of urea groups is 1. The molecule has 1 aromatic rings. The van der Waals surface area contributed by atoms with Crippen LogP contribution in [0, 0.1) is 17.1 Å². The van der Waals surface area contributed by atoms with Crippen molar-refractivity contribution in [2.24, 2.45) is 5.73 Å². The van der Waals surface area contributed by atoms with E-state index in [2.05, 4.69) is 5.32 Å². The number of nitrogens with one attached hydrogen (secondary N) is 1. The molecule has 0 spiro atoms. The van der Waals surface area contributed by atoms with Crippen molar-refractivity contribution in [3.05, 3.63) is 29.6 Å². The molecule has 0 bridgehead atoms. The molecule has 0 fully saturated rings. The van der Waals surface area contributed by atoms with Crippen LogP contribution >= 0.6 is 0 Å². The summed E-state index contributed by atoms with van der Waals surface area (Å²) in [7, 11) is 0. The van der Waals surface area contributed by atoms with E-state index in [-0.39, 0.29) is 17.7 Å². The number of carbonyl (C=O) groups is 2. The van der Waals surface area contributed by atoms with Crippen LogP contribution < -0.4 is 11.1 Å². The first kappa shape index (κ1) is 15.4. The zero-order chi connectivity index (χ0) is 15.1. The minimum Gasteiger partial charge on any atom is -0.366 e. The lowest BCUT2D eigenvalue weighted by molar-refractivity contribution is 0.0996. The van der Waals surface area contributed by atoms with Crippen molar-refractivity contribution in [3.63, 3.8) is 0 Å². The summed E-state index contributed by atoms with van der Waals surface area (Å²) in [6.07, 6.45) is 0.218. The summed E-state index contributed by atoms with van der Waals surface area (Å²) in [5.41, 5.74) is 4.96. The van der Waals surface area contributed by atoms with Gasteiger partial charge in [0.2, 0.25) is 0 Å². The molecule has 0 radical (unpaired) electrons. The Kier molecular flexibility index (Phi) is 5.47. The summed E-state index contributed by atoms with van der Waals surface area (Å²) < 4.78 is 13.5. The minimum atomic E-state index is -0.871. The van der Waals surface area contributed by atoms with Crippen molar-refractivity contribution in [1.29, 1.82) is 5.26 Å². The van der Waals surface area contributed by atoms with E-state index in [1.54, 1.807) is 6.92 Å². The summed E-state index contributed by atoms with van der Waals surface area (Å²) in [6, 6.07) is 5.13. The van der Waals surface area contributed by atoms with Gasteiger partial charge in [-0.05, 0) is 25.1 Å². The standard InChI is InChI=1S/C13H15FN4O2/c1-2-18(7-3-6-15)13(20)17-9-4-5-10(12(16)19)11(14)8-9/h4-5,8H,2-3,7H2,1H3,(H2,16,19)(H,17,20). The van der Waals surface area contributed by atoms with Gasteiger partial charge in [-0.2, -0.15) is 5.26 Å². The number of halogens is 1. The molecule has 3 amide bonds. The highest BCUT2D eigenvalue weighted by molar-refractivity contribution is 5.94. The van der Waals surface area contributed by atoms with E-state index < -0.39 is 17.8 Å². The molecule has 0 aliphatic rings. The van der Waals surface area contributed by atoms with Crippen LogP contribution in [-0.2, 0) is 0 Å². The van der Waals surface area contributed by atoms with Gasteiger partial charge in [-0.15, -0.1) is 0 Å². The predicted molar refractivity (Wildman–Crippen MR) is 71.4 cm³/mol. The molecule has 20 heavy (non-hydrogen) atoms. The van der Waals surface area contributed by atoms with Gasteiger partial charge in [0.15, 0.2) is 0 Å². The molecular weight excluding hydrogens is 263 g/mol. The number of nitrogens with zero attached hydrogens (tertiary/aromatic N) is 2. The van der Waals surface area contributed by atoms with Crippen LogP contribution in [-0.4, -0.2) is 29.9 Å². The molecule has 1 rings (SSSR count). The van der Waals surface area contributed by atoms with Gasteiger partial charge in [-0.25, -0.2) is 9.18 Å². The third-order valence-electron chi connectivity index (χ3n) is 2.65. The number of hydrogen-bond donors (Lipinski definition) is 2. The van der Waals surface area contributed by atoms with Crippen molar-refractivity contribution in [3.8, 4) is 6.07 Å². The van der Waals surface area contributed by atoms with E-state index in [0.29, 0.717) is 13.1 Å². The van der Waals surface area contributed by atoms with Crippen molar-refractivity contribution in [1.82, 2.24) is 4.90 Å². The van der Waals surface area contributed by atoms with Crippen LogP contribution in [0.25, 0.3) is 0 Å². The van der Waals surface area contributed by atoms with E-state index in [0.717, 1.165) is 6.07 Å². The lowest BCUT2D eigenvalue weighted by Gasteiger charge is -2.20. The van der Waals surface area contributed by atoms with Crippen LogP contribution in [0.3, 0.4) is 0 Å². The Morgan fingerprint density at radius 2 is 2.20 bits per heavy atom. The van der Waals surface area contributed by atoms with E-state index in [1.807, 2.05) is 6.07 Å². The fourth-order valence-corrected chi connectivity index (χ4v) is 1.58. The van der Waals surface area contributed by atoms with Gasteiger partial charge in [-0.1, -0.05) is 0 Å². The number of nitriles is 1. The molecule has 0 aliphatic carbocycles. The fourth-order valence-electron chi connectivity index (χ4n) is 1.58. The first-order chi connectivity index (χ1) is 9.49. The number of amides is 3. The normalized spacial score (nSPS) is 9.65. The molecule has 1 aromatic carbocycles. The van der Waals surface area contributed by atoms with Crippen LogP contribution in [0.15, 0.2) is 18.2 Å². The van der Waals surface area contributed by atoms with Crippen molar-refractivity contribution in [2.75, 3.05) is 18.4 Å². The van der Waals surface area contributed by atoms with E-state index in [4.69, 9.17) is 11.0 Å². The first-order valence-electron chi connectivity index (χ1n) is 6.01. The first-order valence-corrected chi connectivity index (χ1v) is 6.01. The topological polar surface area (TPSA) is 99.2 Å². The van der Waals surface area contributed by atoms with E-state index in [1.165, 1.54) is 17.0 Å². The largest absolute Gasteiger partial charge is 0.366 e. The summed E-state index contributed by atoms with van der Waals surface area (Å²) in [5, 5.41) is 11.0. The molecule has 0 saturated carbocycles. The molecule has 0 aromatic heterocycles. The van der Waals surface area contributed by atoms with Gasteiger partial charge in [0.05, 0.1) is 18.1 Å². The maximum Gasteiger partial charge on any atom is 0.321 e. The number of primary amides is 1. The van der Waals surface area contributed by atoms with Gasteiger partial charge in [0, 0.05) is 18.8 Å². The molecule has 0 atom stereocenters. The fraction of sp³-hybridized carbons (Fsp3) is 0.308. The minimum absolute atomic E-state index is 0.216. The van der Waals surface area contributed by atoms with Gasteiger partial charge in [0.25, 0.3) is 5.91 Å². The van der Waals surface area contributed by atoms with Gasteiger partial charge < -0.3 is 16.0 Å². The second-order valence-electron chi connectivity index (χ2n) is 3.98. The smallest absolute Gasteiger partial charge is 0.321 e. The number of nitrogens with two attached hydrogens (primary N) is 1. The molecular formula is C13H15FN4O2. The average molecular weight is 278 g/mol. The van der Waals surface area contributed by atoms with Crippen LogP contribution in [0.1, 0.15) is 23.7 Å². The zero-order valence-electron chi connectivity index (χ0n) is 11.0. The molecule has 0 saturated heterocycles. The Balaban J connectivity index is 2.78. The highest BCUT2D eigenvalue weighted by Crippen LogP contribution is 2.14. The summed E-state index contributed by atoms with van der Waals surface area (Å²) in [4.78, 5) is 24.2. The molecule has 0 unspecified atom stereocenters.